The van der Waals surface area contributed by atoms with Crippen molar-refractivity contribution < 1.29 is 22.4 Å². The van der Waals surface area contributed by atoms with Gasteiger partial charge in [0.25, 0.3) is 5.91 Å². The van der Waals surface area contributed by atoms with Gasteiger partial charge in [-0.3, -0.25) is 4.79 Å². The first-order valence-corrected chi connectivity index (χ1v) is 9.08. The summed E-state index contributed by atoms with van der Waals surface area (Å²) in [5.41, 5.74) is -0.724. The number of rotatable bonds is 4. The number of furan rings is 1. The lowest BCUT2D eigenvalue weighted by molar-refractivity contribution is -0.137. The Morgan fingerprint density at radius 1 is 1.10 bits per heavy atom. The molecule has 0 saturated carbocycles. The van der Waals surface area contributed by atoms with Gasteiger partial charge in [-0.1, -0.05) is 29.3 Å². The standard InChI is InChI=1S/C21H11Cl2F3N2O2/c22-14-2-1-3-15(10-14)28-20(29)12(11-27)8-16-5-7-19(30-16)17-9-13(21(24,25)26)4-6-18(17)23/h1-10H,(H,28,29)/b12-8+. The van der Waals surface area contributed by atoms with Gasteiger partial charge in [0, 0.05) is 22.3 Å². The van der Waals surface area contributed by atoms with E-state index in [1.165, 1.54) is 24.3 Å². The highest BCUT2D eigenvalue weighted by molar-refractivity contribution is 6.33. The maximum atomic E-state index is 13.0. The van der Waals surface area contributed by atoms with Crippen LogP contribution in [0, 0.1) is 11.3 Å². The van der Waals surface area contributed by atoms with Crippen LogP contribution in [-0.2, 0) is 11.0 Å². The van der Waals surface area contributed by atoms with Crippen LogP contribution < -0.4 is 5.32 Å². The van der Waals surface area contributed by atoms with E-state index in [-0.39, 0.29) is 27.7 Å². The summed E-state index contributed by atoms with van der Waals surface area (Å²) in [4.78, 5) is 12.3. The summed E-state index contributed by atoms with van der Waals surface area (Å²) in [5.74, 6) is -0.545. The predicted octanol–water partition coefficient (Wildman–Crippen LogP) is 6.82. The van der Waals surface area contributed by atoms with Crippen molar-refractivity contribution in [1.29, 1.82) is 5.26 Å². The Morgan fingerprint density at radius 2 is 1.87 bits per heavy atom. The van der Waals surface area contributed by atoms with Gasteiger partial charge in [-0.25, -0.2) is 0 Å². The Bertz CT molecular complexity index is 1180. The van der Waals surface area contributed by atoms with Crippen LogP contribution in [-0.4, -0.2) is 5.91 Å². The van der Waals surface area contributed by atoms with E-state index in [0.29, 0.717) is 10.7 Å². The van der Waals surface area contributed by atoms with E-state index < -0.39 is 17.6 Å². The number of nitriles is 1. The number of carbonyl (C=O) groups is 1. The third kappa shape index (κ3) is 5.03. The van der Waals surface area contributed by atoms with E-state index in [9.17, 15) is 23.2 Å². The maximum absolute atomic E-state index is 13.0. The highest BCUT2D eigenvalue weighted by atomic mass is 35.5. The van der Waals surface area contributed by atoms with E-state index >= 15 is 0 Å². The molecule has 3 rings (SSSR count). The fourth-order valence-corrected chi connectivity index (χ4v) is 2.92. The number of amides is 1. The second kappa shape index (κ2) is 8.66. The zero-order valence-corrected chi connectivity index (χ0v) is 16.4. The molecule has 1 heterocycles. The van der Waals surface area contributed by atoms with Crippen LogP contribution in [0.1, 0.15) is 11.3 Å². The largest absolute Gasteiger partial charge is 0.457 e. The lowest BCUT2D eigenvalue weighted by atomic mass is 10.1. The summed E-state index contributed by atoms with van der Waals surface area (Å²) in [7, 11) is 0. The molecule has 1 N–H and O–H groups in total. The molecule has 4 nitrogen and oxygen atoms in total. The highest BCUT2D eigenvalue weighted by Crippen LogP contribution is 2.36. The Hall–Kier alpha value is -3.21. The molecule has 1 amide bonds. The Labute approximate surface area is 179 Å². The number of hydrogen-bond donors (Lipinski definition) is 1. The normalized spacial score (nSPS) is 11.8. The third-order valence-corrected chi connectivity index (χ3v) is 4.48. The van der Waals surface area contributed by atoms with E-state index in [4.69, 9.17) is 27.6 Å². The minimum atomic E-state index is -4.54. The summed E-state index contributed by atoms with van der Waals surface area (Å²) in [6, 6.07) is 13.8. The van der Waals surface area contributed by atoms with Crippen LogP contribution in [0.2, 0.25) is 10.0 Å². The Balaban J connectivity index is 1.87. The van der Waals surface area contributed by atoms with Crippen LogP contribution in [0.3, 0.4) is 0 Å². The number of hydrogen-bond acceptors (Lipinski definition) is 3. The summed E-state index contributed by atoms with van der Waals surface area (Å²) in [6.45, 7) is 0. The van der Waals surface area contributed by atoms with Crippen molar-refractivity contribution >= 4 is 40.9 Å². The number of nitrogens with zero attached hydrogens (tertiary/aromatic N) is 1. The lowest BCUT2D eigenvalue weighted by Gasteiger charge is -2.09. The van der Waals surface area contributed by atoms with Crippen LogP contribution in [0.25, 0.3) is 17.4 Å². The smallest absolute Gasteiger partial charge is 0.416 e. The lowest BCUT2D eigenvalue weighted by Crippen LogP contribution is -2.13. The first-order valence-electron chi connectivity index (χ1n) is 8.33. The van der Waals surface area contributed by atoms with Crippen molar-refractivity contribution in [2.45, 2.75) is 6.18 Å². The molecule has 1 aromatic heterocycles. The number of nitrogens with one attached hydrogen (secondary N) is 1. The summed E-state index contributed by atoms with van der Waals surface area (Å²) >= 11 is 11.9. The topological polar surface area (TPSA) is 66.0 Å². The Kier molecular flexibility index (Phi) is 6.20. The van der Waals surface area contributed by atoms with Gasteiger partial charge in [-0.05, 0) is 48.5 Å². The van der Waals surface area contributed by atoms with Crippen molar-refractivity contribution in [2.24, 2.45) is 0 Å². The first kappa shape index (κ1) is 21.5. The molecule has 3 aromatic rings. The number of alkyl halides is 3. The van der Waals surface area contributed by atoms with Crippen molar-refractivity contribution in [2.75, 3.05) is 5.32 Å². The number of benzene rings is 2. The van der Waals surface area contributed by atoms with Crippen molar-refractivity contribution in [3.8, 4) is 17.4 Å². The SMILES string of the molecule is N#C/C(=C\c1ccc(-c2cc(C(F)(F)F)ccc2Cl)o1)C(=O)Nc1cccc(Cl)c1. The average molecular weight is 451 g/mol. The van der Waals surface area contributed by atoms with E-state index in [1.807, 2.05) is 0 Å². The summed E-state index contributed by atoms with van der Waals surface area (Å²) in [6.07, 6.45) is -3.37. The van der Waals surface area contributed by atoms with Gasteiger partial charge in [0.2, 0.25) is 0 Å². The molecule has 0 fully saturated rings. The van der Waals surface area contributed by atoms with Gasteiger partial charge in [0.15, 0.2) is 0 Å². The minimum absolute atomic E-state index is 0.0352. The molecular weight excluding hydrogens is 440 g/mol. The fraction of sp³-hybridized carbons (Fsp3) is 0.0476. The molecule has 0 bridgehead atoms. The van der Waals surface area contributed by atoms with Crippen LogP contribution in [0.5, 0.6) is 0 Å². The van der Waals surface area contributed by atoms with Gasteiger partial charge in [0.05, 0.1) is 10.6 Å². The van der Waals surface area contributed by atoms with Crippen molar-refractivity contribution in [3.63, 3.8) is 0 Å². The molecule has 9 heteroatoms. The molecule has 30 heavy (non-hydrogen) atoms. The van der Waals surface area contributed by atoms with Gasteiger partial charge in [0.1, 0.15) is 23.2 Å². The van der Waals surface area contributed by atoms with E-state index in [0.717, 1.165) is 18.2 Å². The summed E-state index contributed by atoms with van der Waals surface area (Å²) < 4.78 is 44.4. The van der Waals surface area contributed by atoms with Gasteiger partial charge < -0.3 is 9.73 Å². The molecule has 0 aliphatic rings. The third-order valence-electron chi connectivity index (χ3n) is 3.92. The van der Waals surface area contributed by atoms with Gasteiger partial charge in [-0.2, -0.15) is 18.4 Å². The van der Waals surface area contributed by atoms with Gasteiger partial charge in [-0.15, -0.1) is 0 Å². The van der Waals surface area contributed by atoms with E-state index in [2.05, 4.69) is 5.32 Å². The van der Waals surface area contributed by atoms with Crippen molar-refractivity contribution in [3.05, 3.63) is 81.5 Å². The molecule has 0 unspecified atom stereocenters. The number of halogens is 5. The fourth-order valence-electron chi connectivity index (χ4n) is 2.52. The molecular formula is C21H11Cl2F3N2O2. The maximum Gasteiger partial charge on any atom is 0.416 e. The minimum Gasteiger partial charge on any atom is -0.457 e. The zero-order chi connectivity index (χ0) is 21.9. The molecule has 0 aliphatic heterocycles. The molecule has 0 aliphatic carbocycles. The quantitative estimate of drug-likeness (QED) is 0.350. The highest BCUT2D eigenvalue weighted by Gasteiger charge is 2.31. The molecule has 152 valence electrons. The first-order chi connectivity index (χ1) is 14.2. The van der Waals surface area contributed by atoms with Crippen LogP contribution in [0.15, 0.2) is 64.6 Å². The summed E-state index contributed by atoms with van der Waals surface area (Å²) in [5, 5.41) is 12.3. The van der Waals surface area contributed by atoms with E-state index in [1.54, 1.807) is 24.3 Å². The number of anilines is 1. The van der Waals surface area contributed by atoms with Crippen molar-refractivity contribution in [1.82, 2.24) is 0 Å². The monoisotopic (exact) mass is 450 g/mol. The second-order valence-electron chi connectivity index (χ2n) is 6.03. The Morgan fingerprint density at radius 3 is 2.53 bits per heavy atom. The number of carbonyl (C=O) groups excluding carboxylic acids is 1. The molecule has 0 atom stereocenters. The molecule has 2 aromatic carbocycles. The zero-order valence-electron chi connectivity index (χ0n) is 14.9. The average Bonchev–Trinajstić information content (AvgIpc) is 3.14. The predicted molar refractivity (Wildman–Crippen MR) is 108 cm³/mol. The molecule has 0 saturated heterocycles. The molecule has 0 spiro atoms. The van der Waals surface area contributed by atoms with Crippen LogP contribution in [0.4, 0.5) is 18.9 Å². The van der Waals surface area contributed by atoms with Crippen LogP contribution >= 0.6 is 23.2 Å². The van der Waals surface area contributed by atoms with Gasteiger partial charge >= 0.3 is 6.18 Å². The second-order valence-corrected chi connectivity index (χ2v) is 6.87. The molecule has 0 radical (unpaired) electrons.